The molecule has 0 saturated carbocycles. The molecule has 3 aromatic rings. The van der Waals surface area contributed by atoms with Gasteiger partial charge in [-0.15, -0.1) is 0 Å². The molecule has 1 saturated heterocycles. The van der Waals surface area contributed by atoms with Gasteiger partial charge in [0.1, 0.15) is 11.6 Å². The number of hydrogen-bond donors (Lipinski definition) is 3. The predicted molar refractivity (Wildman–Crippen MR) is 126 cm³/mol. The monoisotopic (exact) mass is 435 g/mol. The van der Waals surface area contributed by atoms with Gasteiger partial charge in [-0.05, 0) is 42.7 Å². The first-order valence-corrected chi connectivity index (χ1v) is 11.2. The molecule has 7 nitrogen and oxygen atoms in total. The minimum absolute atomic E-state index is 0.0385. The lowest BCUT2D eigenvalue weighted by molar-refractivity contribution is -0.123. The fourth-order valence-corrected chi connectivity index (χ4v) is 4.58. The molecule has 4 rings (SSSR count). The van der Waals surface area contributed by atoms with Crippen molar-refractivity contribution in [2.75, 3.05) is 7.11 Å². The van der Waals surface area contributed by atoms with Crippen LogP contribution in [0.1, 0.15) is 50.7 Å². The molecule has 3 unspecified atom stereocenters. The molecular weight excluding hydrogens is 402 g/mol. The summed E-state index contributed by atoms with van der Waals surface area (Å²) in [7, 11) is 3.67. The van der Waals surface area contributed by atoms with Crippen LogP contribution in [0.25, 0.3) is 11.0 Å². The van der Waals surface area contributed by atoms with Gasteiger partial charge in [0.25, 0.3) is 0 Å². The lowest BCUT2D eigenvalue weighted by Crippen LogP contribution is -2.36. The molecule has 7 heteroatoms. The number of nitrogens with zero attached hydrogens (tertiary/aromatic N) is 2. The Bertz CT molecular complexity index is 1080. The lowest BCUT2D eigenvalue weighted by Gasteiger charge is -2.25. The second-order valence-electron chi connectivity index (χ2n) is 9.00. The van der Waals surface area contributed by atoms with Crippen LogP contribution >= 0.6 is 0 Å². The summed E-state index contributed by atoms with van der Waals surface area (Å²) in [4.78, 5) is 18.0. The van der Waals surface area contributed by atoms with Crippen LogP contribution in [0.4, 0.5) is 0 Å². The van der Waals surface area contributed by atoms with Crippen molar-refractivity contribution in [2.24, 2.45) is 18.9 Å². The Balaban J connectivity index is 1.51. The minimum atomic E-state index is -0.156. The Labute approximate surface area is 189 Å². The average molecular weight is 436 g/mol. The van der Waals surface area contributed by atoms with Crippen molar-refractivity contribution in [3.05, 3.63) is 59.9 Å². The van der Waals surface area contributed by atoms with Gasteiger partial charge in [-0.3, -0.25) is 10.2 Å². The standard InChI is InChI=1S/C25H33N5O2/c1-15(2)23(25-26-20-8-6-7-9-21(20)30(25)4)27-22(31)14-19-16(3)28-29-24(19)17-10-12-18(32-5)13-11-17/h6-13,15-16,19,23-24,28-29H,14H2,1-5H3,(H,27,31)/t16?,19?,23-,24?/m0/s1. The number of hydrogen-bond acceptors (Lipinski definition) is 5. The molecule has 32 heavy (non-hydrogen) atoms. The number of ether oxygens (including phenoxy) is 1. The van der Waals surface area contributed by atoms with Crippen molar-refractivity contribution in [2.45, 2.75) is 45.3 Å². The number of nitrogens with one attached hydrogen (secondary N) is 3. The molecule has 1 fully saturated rings. The van der Waals surface area contributed by atoms with Gasteiger partial charge in [0.05, 0.1) is 30.2 Å². The topological polar surface area (TPSA) is 80.2 Å². The quantitative estimate of drug-likeness (QED) is 0.528. The molecule has 170 valence electrons. The first-order valence-electron chi connectivity index (χ1n) is 11.2. The fraction of sp³-hybridized carbons (Fsp3) is 0.440. The number of rotatable bonds is 7. The molecule has 0 aliphatic carbocycles. The first kappa shape index (κ1) is 22.3. The molecule has 2 aromatic carbocycles. The van der Waals surface area contributed by atoms with E-state index in [0.29, 0.717) is 6.42 Å². The van der Waals surface area contributed by atoms with Gasteiger partial charge >= 0.3 is 0 Å². The molecule has 1 aliphatic heterocycles. The van der Waals surface area contributed by atoms with Gasteiger partial charge in [-0.25, -0.2) is 10.4 Å². The van der Waals surface area contributed by atoms with Crippen LogP contribution < -0.4 is 20.9 Å². The largest absolute Gasteiger partial charge is 0.497 e. The SMILES string of the molecule is COc1ccc(C2NNC(C)C2CC(=O)N[C@H](c2nc3ccccc3n2C)C(C)C)cc1. The maximum absolute atomic E-state index is 13.2. The summed E-state index contributed by atoms with van der Waals surface area (Å²) >= 11 is 0. The summed E-state index contributed by atoms with van der Waals surface area (Å²) in [5.41, 5.74) is 9.82. The number of para-hydroxylation sites is 2. The maximum Gasteiger partial charge on any atom is 0.221 e. The summed E-state index contributed by atoms with van der Waals surface area (Å²) in [5.74, 6) is 2.08. The van der Waals surface area contributed by atoms with E-state index in [0.717, 1.165) is 28.2 Å². The van der Waals surface area contributed by atoms with Crippen LogP contribution in [0, 0.1) is 11.8 Å². The van der Waals surface area contributed by atoms with Gasteiger partial charge in [0, 0.05) is 25.4 Å². The number of amides is 1. The summed E-state index contributed by atoms with van der Waals surface area (Å²) in [6, 6.07) is 16.1. The van der Waals surface area contributed by atoms with Crippen molar-refractivity contribution in [1.29, 1.82) is 0 Å². The maximum atomic E-state index is 13.2. The highest BCUT2D eigenvalue weighted by atomic mass is 16.5. The van der Waals surface area contributed by atoms with E-state index in [1.807, 2.05) is 37.4 Å². The third-order valence-corrected chi connectivity index (χ3v) is 6.52. The van der Waals surface area contributed by atoms with Crippen LogP contribution in [-0.4, -0.2) is 28.6 Å². The van der Waals surface area contributed by atoms with E-state index in [4.69, 9.17) is 9.72 Å². The zero-order valence-corrected chi connectivity index (χ0v) is 19.4. The highest BCUT2D eigenvalue weighted by Gasteiger charge is 2.36. The number of fused-ring (bicyclic) bond motifs is 1. The molecule has 0 radical (unpaired) electrons. The smallest absolute Gasteiger partial charge is 0.221 e. The molecule has 0 spiro atoms. The Morgan fingerprint density at radius 2 is 1.88 bits per heavy atom. The molecule has 3 N–H and O–H groups in total. The van der Waals surface area contributed by atoms with Crippen molar-refractivity contribution in [3.63, 3.8) is 0 Å². The van der Waals surface area contributed by atoms with E-state index in [9.17, 15) is 4.79 Å². The van der Waals surface area contributed by atoms with Gasteiger partial charge in [-0.2, -0.15) is 0 Å². The van der Waals surface area contributed by atoms with E-state index in [2.05, 4.69) is 59.7 Å². The molecule has 4 atom stereocenters. The molecule has 1 amide bonds. The highest BCUT2D eigenvalue weighted by Crippen LogP contribution is 2.33. The van der Waals surface area contributed by atoms with Gasteiger partial charge in [-0.1, -0.05) is 38.1 Å². The van der Waals surface area contributed by atoms with Crippen molar-refractivity contribution in [1.82, 2.24) is 25.7 Å². The van der Waals surface area contributed by atoms with Crippen LogP contribution in [-0.2, 0) is 11.8 Å². The number of carbonyl (C=O) groups excluding carboxylic acids is 1. The predicted octanol–water partition coefficient (Wildman–Crippen LogP) is 3.64. The zero-order chi connectivity index (χ0) is 22.8. The van der Waals surface area contributed by atoms with Gasteiger partial charge in [0.15, 0.2) is 0 Å². The van der Waals surface area contributed by atoms with E-state index >= 15 is 0 Å². The summed E-state index contributed by atoms with van der Waals surface area (Å²) in [6.45, 7) is 6.34. The molecule has 2 heterocycles. The Morgan fingerprint density at radius 3 is 2.53 bits per heavy atom. The fourth-order valence-electron chi connectivity index (χ4n) is 4.58. The van der Waals surface area contributed by atoms with Crippen LogP contribution in [0.15, 0.2) is 48.5 Å². The number of hydrazine groups is 1. The van der Waals surface area contributed by atoms with Crippen LogP contribution in [0.5, 0.6) is 5.75 Å². The van der Waals surface area contributed by atoms with Crippen LogP contribution in [0.2, 0.25) is 0 Å². The molecular formula is C25H33N5O2. The molecule has 1 aromatic heterocycles. The summed E-state index contributed by atoms with van der Waals surface area (Å²) in [5, 5.41) is 3.27. The lowest BCUT2D eigenvalue weighted by atomic mass is 9.87. The third kappa shape index (κ3) is 4.36. The normalized spacial score (nSPS) is 21.8. The Morgan fingerprint density at radius 1 is 1.16 bits per heavy atom. The van der Waals surface area contributed by atoms with Gasteiger partial charge in [0.2, 0.25) is 5.91 Å². The number of carbonyl (C=O) groups is 1. The zero-order valence-electron chi connectivity index (χ0n) is 19.4. The number of imidazole rings is 1. The number of methoxy groups -OCH3 is 1. The number of aromatic nitrogens is 2. The van der Waals surface area contributed by atoms with Crippen LogP contribution in [0.3, 0.4) is 0 Å². The summed E-state index contributed by atoms with van der Waals surface area (Å²) in [6.07, 6.45) is 0.422. The van der Waals surface area contributed by atoms with E-state index in [1.54, 1.807) is 7.11 Å². The Hall–Kier alpha value is -2.90. The van der Waals surface area contributed by atoms with Gasteiger partial charge < -0.3 is 14.6 Å². The van der Waals surface area contributed by atoms with E-state index in [1.165, 1.54) is 0 Å². The third-order valence-electron chi connectivity index (χ3n) is 6.52. The molecule has 0 bridgehead atoms. The second-order valence-corrected chi connectivity index (χ2v) is 9.00. The number of aryl methyl sites for hydroxylation is 1. The average Bonchev–Trinajstić information content (AvgIpc) is 3.32. The van der Waals surface area contributed by atoms with Crippen molar-refractivity contribution >= 4 is 16.9 Å². The first-order chi connectivity index (χ1) is 15.4. The minimum Gasteiger partial charge on any atom is -0.497 e. The van der Waals surface area contributed by atoms with Crippen molar-refractivity contribution in [3.8, 4) is 5.75 Å². The van der Waals surface area contributed by atoms with Crippen molar-refractivity contribution < 1.29 is 9.53 Å². The highest BCUT2D eigenvalue weighted by molar-refractivity contribution is 5.78. The molecule has 1 aliphatic rings. The Kier molecular flexibility index (Phi) is 6.48. The van der Waals surface area contributed by atoms with E-state index < -0.39 is 0 Å². The van der Waals surface area contributed by atoms with E-state index in [-0.39, 0.29) is 35.9 Å². The summed E-state index contributed by atoms with van der Waals surface area (Å²) < 4.78 is 7.36. The number of benzene rings is 2. The second kappa shape index (κ2) is 9.30.